The lowest BCUT2D eigenvalue weighted by Gasteiger charge is -2.37. The molecule has 0 spiro atoms. The Morgan fingerprint density at radius 2 is 1.93 bits per heavy atom. The molecule has 5 heterocycles. The molecule has 2 aliphatic rings. The molecule has 1 saturated heterocycles. The Morgan fingerprint density at radius 1 is 1.09 bits per heavy atom. The fourth-order valence-electron chi connectivity index (χ4n) is 6.16. The van der Waals surface area contributed by atoms with E-state index in [1.165, 1.54) is 0 Å². The van der Waals surface area contributed by atoms with Crippen LogP contribution in [0.5, 0.6) is 0 Å². The van der Waals surface area contributed by atoms with Gasteiger partial charge in [0, 0.05) is 42.0 Å². The van der Waals surface area contributed by atoms with Crippen LogP contribution in [0, 0.1) is 24.2 Å². The number of fused-ring (bicyclic) bond motifs is 1. The Kier molecular flexibility index (Phi) is 7.39. The van der Waals surface area contributed by atoms with Crippen LogP contribution in [0.4, 0.5) is 5.95 Å². The molecule has 0 bridgehead atoms. The minimum atomic E-state index is -0.690. The average Bonchev–Trinajstić information content (AvgIpc) is 3.65. The molecule has 43 heavy (non-hydrogen) atoms. The van der Waals surface area contributed by atoms with Crippen LogP contribution in [0.15, 0.2) is 58.1 Å². The van der Waals surface area contributed by atoms with Crippen molar-refractivity contribution in [2.75, 3.05) is 24.7 Å². The van der Waals surface area contributed by atoms with Gasteiger partial charge in [0.05, 0.1) is 19.3 Å². The number of H-pyrrole nitrogens is 1. The van der Waals surface area contributed by atoms with Crippen LogP contribution in [-0.2, 0) is 11.3 Å². The van der Waals surface area contributed by atoms with E-state index in [-0.39, 0.29) is 17.7 Å². The van der Waals surface area contributed by atoms with Gasteiger partial charge in [-0.15, -0.1) is 12.3 Å². The van der Waals surface area contributed by atoms with Gasteiger partial charge in [0.15, 0.2) is 5.65 Å². The van der Waals surface area contributed by atoms with Crippen molar-refractivity contribution < 1.29 is 9.26 Å². The summed E-state index contributed by atoms with van der Waals surface area (Å²) in [6, 6.07) is 11.5. The maximum Gasteiger partial charge on any atom is 0.439 e. The van der Waals surface area contributed by atoms with Gasteiger partial charge < -0.3 is 14.2 Å². The van der Waals surface area contributed by atoms with Gasteiger partial charge in [-0.1, -0.05) is 28.9 Å². The van der Waals surface area contributed by atoms with Crippen molar-refractivity contribution in [1.29, 1.82) is 0 Å². The maximum absolute atomic E-state index is 11.8. The molecule has 1 aliphatic carbocycles. The number of benzene rings is 1. The second-order valence-corrected chi connectivity index (χ2v) is 11.4. The van der Waals surface area contributed by atoms with E-state index in [4.69, 9.17) is 42.2 Å². The number of rotatable bonds is 6. The van der Waals surface area contributed by atoms with Gasteiger partial charge in [0.25, 0.3) is 0 Å². The van der Waals surface area contributed by atoms with Crippen molar-refractivity contribution in [3.63, 3.8) is 0 Å². The van der Waals surface area contributed by atoms with Gasteiger partial charge in [0.1, 0.15) is 11.2 Å². The summed E-state index contributed by atoms with van der Waals surface area (Å²) in [5.41, 5.74) is 3.78. The van der Waals surface area contributed by atoms with Crippen molar-refractivity contribution in [1.82, 2.24) is 34.6 Å². The summed E-state index contributed by atoms with van der Waals surface area (Å²) >= 11 is 6.46. The first-order chi connectivity index (χ1) is 21.1. The van der Waals surface area contributed by atoms with E-state index in [9.17, 15) is 4.79 Å². The summed E-state index contributed by atoms with van der Waals surface area (Å²) in [5, 5.41) is 4.42. The zero-order chi connectivity index (χ0) is 29.3. The van der Waals surface area contributed by atoms with Crippen LogP contribution in [0.25, 0.3) is 34.1 Å². The fourth-order valence-corrected chi connectivity index (χ4v) is 6.35. The highest BCUT2D eigenvalue weighted by Crippen LogP contribution is 2.38. The zero-order valence-electron chi connectivity index (χ0n) is 23.3. The van der Waals surface area contributed by atoms with Crippen molar-refractivity contribution in [2.45, 2.75) is 38.3 Å². The van der Waals surface area contributed by atoms with Gasteiger partial charge in [0.2, 0.25) is 17.6 Å². The molecule has 11 nitrogen and oxygen atoms in total. The number of aromatic amines is 1. The van der Waals surface area contributed by atoms with Crippen LogP contribution in [0.1, 0.15) is 37.3 Å². The Hall–Kier alpha value is -4.53. The Bertz CT molecular complexity index is 1850. The highest BCUT2D eigenvalue weighted by Gasteiger charge is 2.32. The van der Waals surface area contributed by atoms with E-state index in [0.29, 0.717) is 48.0 Å². The van der Waals surface area contributed by atoms with Crippen LogP contribution < -0.4 is 10.7 Å². The van der Waals surface area contributed by atoms with E-state index < -0.39 is 5.76 Å². The third-order valence-corrected chi connectivity index (χ3v) is 8.57. The molecule has 1 atom stereocenters. The number of hydrogen-bond acceptors (Lipinski definition) is 9. The lowest BCUT2D eigenvalue weighted by molar-refractivity contribution is 0.0927. The lowest BCUT2D eigenvalue weighted by Crippen LogP contribution is -2.41. The highest BCUT2D eigenvalue weighted by molar-refractivity contribution is 6.30. The van der Waals surface area contributed by atoms with E-state index in [2.05, 4.69) is 30.5 Å². The number of hydrogen-bond donors (Lipinski definition) is 1. The second kappa shape index (κ2) is 11.6. The quantitative estimate of drug-likeness (QED) is 0.272. The monoisotopic (exact) mass is 596 g/mol. The Labute approximate surface area is 252 Å². The van der Waals surface area contributed by atoms with Crippen LogP contribution in [-0.4, -0.2) is 54.4 Å². The predicted molar refractivity (Wildman–Crippen MR) is 161 cm³/mol. The zero-order valence-corrected chi connectivity index (χ0v) is 24.1. The molecular formula is C31H29ClN8O3. The maximum atomic E-state index is 11.8. The number of terminal acetylenes is 1. The number of nitrogens with zero attached hydrogens (tertiary/aromatic N) is 7. The topological polar surface area (TPSA) is 128 Å². The fraction of sp³-hybridized carbons (Fsp3) is 0.355. The highest BCUT2D eigenvalue weighted by atomic mass is 35.5. The van der Waals surface area contributed by atoms with Crippen LogP contribution >= 0.6 is 11.6 Å². The minimum Gasteiger partial charge on any atom is -0.377 e. The molecule has 5 aromatic rings. The summed E-state index contributed by atoms with van der Waals surface area (Å²) in [6.45, 7) is 2.44. The number of ether oxygens (including phenoxy) is 1. The Balaban J connectivity index is 1.44. The van der Waals surface area contributed by atoms with Gasteiger partial charge >= 0.3 is 5.76 Å². The number of imidazole rings is 1. The summed E-state index contributed by atoms with van der Waals surface area (Å²) < 4.78 is 13.0. The average molecular weight is 597 g/mol. The Morgan fingerprint density at radius 3 is 2.67 bits per heavy atom. The van der Waals surface area contributed by atoms with E-state index in [1.54, 1.807) is 12.4 Å². The summed E-state index contributed by atoms with van der Waals surface area (Å²) in [5.74, 6) is 4.08. The summed E-state index contributed by atoms with van der Waals surface area (Å²) in [4.78, 5) is 35.7. The smallest absolute Gasteiger partial charge is 0.377 e. The number of anilines is 1. The number of nitrogens with one attached hydrogen (secondary N) is 1. The third kappa shape index (κ3) is 5.40. The van der Waals surface area contributed by atoms with Crippen molar-refractivity contribution in [2.24, 2.45) is 11.8 Å². The predicted octanol–water partition coefficient (Wildman–Crippen LogP) is 4.90. The number of pyridine rings is 1. The van der Waals surface area contributed by atoms with Gasteiger partial charge in [-0.05, 0) is 61.4 Å². The van der Waals surface area contributed by atoms with Crippen molar-refractivity contribution >= 4 is 28.7 Å². The number of morpholine rings is 1. The van der Waals surface area contributed by atoms with Gasteiger partial charge in [-0.2, -0.15) is 4.98 Å². The van der Waals surface area contributed by atoms with Crippen LogP contribution in [0.2, 0.25) is 5.02 Å². The molecule has 4 aromatic heterocycles. The largest absolute Gasteiger partial charge is 0.439 e. The molecule has 0 amide bonds. The van der Waals surface area contributed by atoms with E-state index in [0.717, 1.165) is 54.8 Å². The molecule has 0 radical (unpaired) electrons. The molecule has 1 saturated carbocycles. The van der Waals surface area contributed by atoms with Gasteiger partial charge in [-0.25, -0.2) is 14.8 Å². The van der Waals surface area contributed by atoms with Crippen molar-refractivity contribution in [3.8, 4) is 35.2 Å². The SMILES string of the molecule is C#CC1CCC(Cn2c(N3CCOCC3c3ccncc3)nc3nc(-c4noc(=O)[nH]4)nc(-c4cccc(Cl)c4)c32)CC1. The molecule has 1 N–H and O–H groups in total. The first-order valence-electron chi connectivity index (χ1n) is 14.4. The molecule has 218 valence electrons. The third-order valence-electron chi connectivity index (χ3n) is 8.33. The first kappa shape index (κ1) is 27.3. The molecule has 1 unspecified atom stereocenters. The first-order valence-corrected chi connectivity index (χ1v) is 14.8. The minimum absolute atomic E-state index is 0.0709. The molecule has 7 rings (SSSR count). The number of aromatic nitrogens is 7. The standard InChI is InChI=1S/C31H29ClN8O3/c1-2-19-6-8-20(9-7-19)17-40-26-25(22-4-3-5-23(32)16-22)34-28(29-37-31(41)43-38-29)35-27(26)36-30(40)39-14-15-42-18-24(39)21-10-12-33-13-11-21/h1,3-5,10-13,16,19-20,24H,6-9,14-15,17-18H2,(H,37,38,41). The second-order valence-electron chi connectivity index (χ2n) is 11.0. The normalized spacial score (nSPS) is 20.7. The summed E-state index contributed by atoms with van der Waals surface area (Å²) in [7, 11) is 0. The molecule has 2 fully saturated rings. The molecule has 1 aliphatic heterocycles. The molecular weight excluding hydrogens is 568 g/mol. The number of halogens is 1. The van der Waals surface area contributed by atoms with E-state index in [1.807, 2.05) is 36.4 Å². The van der Waals surface area contributed by atoms with Crippen LogP contribution in [0.3, 0.4) is 0 Å². The molecule has 1 aromatic carbocycles. The summed E-state index contributed by atoms with van der Waals surface area (Å²) in [6.07, 6.45) is 13.4. The van der Waals surface area contributed by atoms with Gasteiger partial charge in [-0.3, -0.25) is 14.5 Å². The van der Waals surface area contributed by atoms with E-state index >= 15 is 0 Å². The van der Waals surface area contributed by atoms with Crippen molar-refractivity contribution in [3.05, 3.63) is 69.9 Å². The lowest BCUT2D eigenvalue weighted by atomic mass is 9.82. The molecule has 12 heteroatoms.